The van der Waals surface area contributed by atoms with Crippen LogP contribution in [0.25, 0.3) is 10.6 Å². The Hall–Kier alpha value is -3.33. The predicted molar refractivity (Wildman–Crippen MR) is 143 cm³/mol. The fourth-order valence-corrected chi connectivity index (χ4v) is 4.54. The van der Waals surface area contributed by atoms with Gasteiger partial charge in [-0.05, 0) is 66.2 Å². The lowest BCUT2D eigenvalue weighted by Gasteiger charge is -2.14. The summed E-state index contributed by atoms with van der Waals surface area (Å²) >= 11 is 1.70. The number of imidazole rings is 1. The molecule has 8 heteroatoms. The Morgan fingerprint density at radius 1 is 0.972 bits per heavy atom. The number of aliphatic hydroxyl groups excluding tert-OH is 1. The van der Waals surface area contributed by atoms with Crippen LogP contribution in [0.5, 0.6) is 17.2 Å². The van der Waals surface area contributed by atoms with Crippen molar-refractivity contribution in [3.05, 3.63) is 83.1 Å². The highest BCUT2D eigenvalue weighted by Gasteiger charge is 2.08. The zero-order valence-electron chi connectivity index (χ0n) is 20.7. The minimum atomic E-state index is -0.591. The van der Waals surface area contributed by atoms with Crippen molar-refractivity contribution >= 4 is 11.3 Å². The number of hydrogen-bond donors (Lipinski definition) is 3. The lowest BCUT2D eigenvalue weighted by atomic mass is 10.1. The molecule has 4 rings (SSSR count). The minimum Gasteiger partial charge on any atom is -0.493 e. The third-order valence-corrected chi connectivity index (χ3v) is 6.75. The molecule has 0 saturated heterocycles. The topological polar surface area (TPSA) is 88.6 Å². The summed E-state index contributed by atoms with van der Waals surface area (Å²) in [4.78, 5) is 9.10. The van der Waals surface area contributed by atoms with E-state index in [9.17, 15) is 5.11 Å². The molecule has 1 atom stereocenters. The number of nitrogens with one attached hydrogen (secondary N) is 2. The summed E-state index contributed by atoms with van der Waals surface area (Å²) in [5.41, 5.74) is 3.42. The number of benzene rings is 2. The van der Waals surface area contributed by atoms with E-state index in [1.54, 1.807) is 25.6 Å². The Balaban J connectivity index is 1.13. The normalized spacial score (nSPS) is 11.9. The van der Waals surface area contributed by atoms with Crippen molar-refractivity contribution < 1.29 is 19.3 Å². The van der Waals surface area contributed by atoms with Crippen LogP contribution in [0.4, 0.5) is 0 Å². The highest BCUT2D eigenvalue weighted by atomic mass is 32.1. The molecule has 3 N–H and O–H groups in total. The van der Waals surface area contributed by atoms with Gasteiger partial charge in [-0.2, -0.15) is 0 Å². The van der Waals surface area contributed by atoms with Gasteiger partial charge in [0.1, 0.15) is 24.3 Å². The maximum atomic E-state index is 10.3. The van der Waals surface area contributed by atoms with Crippen molar-refractivity contribution in [3.8, 4) is 27.8 Å². The van der Waals surface area contributed by atoms with Gasteiger partial charge in [-0.1, -0.05) is 24.3 Å². The first-order valence-corrected chi connectivity index (χ1v) is 12.9. The molecule has 36 heavy (non-hydrogen) atoms. The number of thiophene rings is 1. The number of aromatic nitrogens is 2. The fourth-order valence-electron chi connectivity index (χ4n) is 3.85. The Bertz CT molecular complexity index is 1190. The molecule has 0 aliphatic carbocycles. The van der Waals surface area contributed by atoms with Crippen LogP contribution in [-0.4, -0.2) is 55.1 Å². The molecule has 0 radical (unpaired) electrons. The molecule has 0 amide bonds. The van der Waals surface area contributed by atoms with Gasteiger partial charge in [-0.15, -0.1) is 11.3 Å². The van der Waals surface area contributed by atoms with E-state index < -0.39 is 6.10 Å². The Labute approximate surface area is 216 Å². The van der Waals surface area contributed by atoms with Crippen LogP contribution in [0, 0.1) is 0 Å². The van der Waals surface area contributed by atoms with Crippen molar-refractivity contribution in [2.24, 2.45) is 0 Å². The van der Waals surface area contributed by atoms with E-state index in [1.807, 2.05) is 42.6 Å². The highest BCUT2D eigenvalue weighted by molar-refractivity contribution is 7.13. The van der Waals surface area contributed by atoms with Gasteiger partial charge in [-0.3, -0.25) is 0 Å². The molecule has 7 nitrogen and oxygen atoms in total. The summed E-state index contributed by atoms with van der Waals surface area (Å²) in [5, 5.41) is 15.6. The van der Waals surface area contributed by atoms with Crippen LogP contribution in [-0.2, 0) is 19.3 Å². The van der Waals surface area contributed by atoms with Crippen molar-refractivity contribution in [1.29, 1.82) is 0 Å². The van der Waals surface area contributed by atoms with E-state index in [-0.39, 0.29) is 6.61 Å². The van der Waals surface area contributed by atoms with Gasteiger partial charge in [0.15, 0.2) is 11.5 Å². The first-order chi connectivity index (χ1) is 17.6. The molecule has 190 valence electrons. The van der Waals surface area contributed by atoms with E-state index in [2.05, 4.69) is 38.9 Å². The number of aliphatic hydroxyl groups is 1. The van der Waals surface area contributed by atoms with Crippen LogP contribution in [0.1, 0.15) is 17.0 Å². The standard InChI is InChI=1S/C28H33N3O4S/c1-33-25-11-7-21(16-26(25)34-2)13-14-29-17-22(32)19-35-23-9-5-20(6-10-23)8-12-28-30-18-24(31-28)27-4-3-15-36-27/h3-7,9-11,15-16,18,22,29,32H,8,12-14,17,19H2,1-2H3,(H,30,31)/t22-/m0/s1. The minimum absolute atomic E-state index is 0.237. The van der Waals surface area contributed by atoms with Gasteiger partial charge in [0.2, 0.25) is 0 Å². The Morgan fingerprint density at radius 3 is 2.53 bits per heavy atom. The number of aryl methyl sites for hydroxylation is 2. The molecule has 2 heterocycles. The van der Waals surface area contributed by atoms with Crippen molar-refractivity contribution in [1.82, 2.24) is 15.3 Å². The molecule has 0 aliphatic heterocycles. The largest absolute Gasteiger partial charge is 0.493 e. The number of H-pyrrole nitrogens is 1. The van der Waals surface area contributed by atoms with E-state index in [1.165, 1.54) is 10.4 Å². The first kappa shape index (κ1) is 25.8. The summed E-state index contributed by atoms with van der Waals surface area (Å²) in [6.45, 7) is 1.44. The van der Waals surface area contributed by atoms with Gasteiger partial charge >= 0.3 is 0 Å². The SMILES string of the molecule is COc1ccc(CCNC[C@H](O)COc2ccc(CCc3ncc(-c4cccs4)[nH]3)cc2)cc1OC. The number of nitrogens with zero attached hydrogens (tertiary/aromatic N) is 1. The smallest absolute Gasteiger partial charge is 0.160 e. The third-order valence-electron chi connectivity index (χ3n) is 5.85. The average molecular weight is 508 g/mol. The van der Waals surface area contributed by atoms with Crippen LogP contribution >= 0.6 is 11.3 Å². The monoisotopic (exact) mass is 507 g/mol. The second-order valence-corrected chi connectivity index (χ2v) is 9.42. The van der Waals surface area contributed by atoms with Crippen LogP contribution in [0.15, 0.2) is 66.2 Å². The maximum absolute atomic E-state index is 10.3. The van der Waals surface area contributed by atoms with E-state index >= 15 is 0 Å². The number of rotatable bonds is 14. The second-order valence-electron chi connectivity index (χ2n) is 8.47. The molecule has 4 aromatic rings. The predicted octanol–water partition coefficient (Wildman–Crippen LogP) is 4.51. The van der Waals surface area contributed by atoms with Gasteiger partial charge in [0, 0.05) is 13.0 Å². The number of ether oxygens (including phenoxy) is 3. The van der Waals surface area contributed by atoms with Gasteiger partial charge in [0.05, 0.1) is 31.0 Å². The highest BCUT2D eigenvalue weighted by Crippen LogP contribution is 2.27. The first-order valence-electron chi connectivity index (χ1n) is 12.0. The molecular weight excluding hydrogens is 474 g/mol. The summed E-state index contributed by atoms with van der Waals surface area (Å²) < 4.78 is 16.4. The average Bonchev–Trinajstić information content (AvgIpc) is 3.61. The quantitative estimate of drug-likeness (QED) is 0.218. The fraction of sp³-hybridized carbons (Fsp3) is 0.321. The zero-order valence-corrected chi connectivity index (χ0v) is 21.5. The van der Waals surface area contributed by atoms with E-state index in [0.717, 1.165) is 60.1 Å². The molecule has 2 aromatic carbocycles. The molecule has 0 spiro atoms. The van der Waals surface area contributed by atoms with E-state index in [0.29, 0.717) is 6.54 Å². The summed E-state index contributed by atoms with van der Waals surface area (Å²) in [7, 11) is 3.26. The van der Waals surface area contributed by atoms with Crippen LogP contribution in [0.2, 0.25) is 0 Å². The van der Waals surface area contributed by atoms with Crippen LogP contribution in [0.3, 0.4) is 0 Å². The summed E-state index contributed by atoms with van der Waals surface area (Å²) in [6.07, 6.45) is 3.87. The third kappa shape index (κ3) is 7.34. The molecule has 0 saturated carbocycles. The zero-order chi connectivity index (χ0) is 25.2. The van der Waals surface area contributed by atoms with Crippen molar-refractivity contribution in [2.45, 2.75) is 25.4 Å². The molecule has 0 fully saturated rings. The molecule has 0 bridgehead atoms. The van der Waals surface area contributed by atoms with Crippen LogP contribution < -0.4 is 19.5 Å². The maximum Gasteiger partial charge on any atom is 0.160 e. The lowest BCUT2D eigenvalue weighted by molar-refractivity contribution is 0.106. The number of methoxy groups -OCH3 is 2. The lowest BCUT2D eigenvalue weighted by Crippen LogP contribution is -2.32. The summed E-state index contributed by atoms with van der Waals surface area (Å²) in [6, 6.07) is 18.1. The van der Waals surface area contributed by atoms with Gasteiger partial charge in [0.25, 0.3) is 0 Å². The summed E-state index contributed by atoms with van der Waals surface area (Å²) in [5.74, 6) is 3.18. The number of hydrogen-bond acceptors (Lipinski definition) is 7. The molecule has 0 unspecified atom stereocenters. The molecule has 0 aliphatic rings. The second kappa shape index (κ2) is 13.1. The van der Waals surface area contributed by atoms with Gasteiger partial charge in [-0.25, -0.2) is 4.98 Å². The Morgan fingerprint density at radius 2 is 1.78 bits per heavy atom. The van der Waals surface area contributed by atoms with Crippen molar-refractivity contribution in [2.75, 3.05) is 33.9 Å². The van der Waals surface area contributed by atoms with Crippen molar-refractivity contribution in [3.63, 3.8) is 0 Å². The molecule has 2 aromatic heterocycles. The van der Waals surface area contributed by atoms with Gasteiger partial charge < -0.3 is 29.6 Å². The number of aromatic amines is 1. The molecular formula is C28H33N3O4S. The van der Waals surface area contributed by atoms with E-state index in [4.69, 9.17) is 14.2 Å². The Kier molecular flexibility index (Phi) is 9.38.